The van der Waals surface area contributed by atoms with Crippen LogP contribution in [0, 0.1) is 5.92 Å². The van der Waals surface area contributed by atoms with Crippen LogP contribution in [0.25, 0.3) is 0 Å². The van der Waals surface area contributed by atoms with Crippen molar-refractivity contribution >= 4 is 55.1 Å². The van der Waals surface area contributed by atoms with Gasteiger partial charge in [0.15, 0.2) is 0 Å². The minimum atomic E-state index is -3.90. The van der Waals surface area contributed by atoms with Crippen molar-refractivity contribution in [2.75, 3.05) is 6.54 Å². The number of aliphatic carboxylic acids is 1. The summed E-state index contributed by atoms with van der Waals surface area (Å²) in [4.78, 5) is 10.3. The van der Waals surface area contributed by atoms with Crippen molar-refractivity contribution in [2.24, 2.45) is 5.92 Å². The van der Waals surface area contributed by atoms with Gasteiger partial charge in [-0.25, -0.2) is 13.1 Å². The van der Waals surface area contributed by atoms with E-state index in [0.717, 1.165) is 0 Å². The number of halogens is 3. The highest BCUT2D eigenvalue weighted by molar-refractivity contribution is 9.10. The fourth-order valence-corrected chi connectivity index (χ4v) is 4.58. The molecule has 20 heavy (non-hydrogen) atoms. The number of rotatable bonds is 6. The van der Waals surface area contributed by atoms with Crippen LogP contribution in [0.3, 0.4) is 0 Å². The molecule has 112 valence electrons. The van der Waals surface area contributed by atoms with Crippen LogP contribution in [0.1, 0.15) is 13.3 Å². The first-order valence-corrected chi connectivity index (χ1v) is 8.52. The second kappa shape index (κ2) is 7.09. The Hall–Kier alpha value is -0.340. The molecule has 0 aliphatic heterocycles. The van der Waals surface area contributed by atoms with Gasteiger partial charge in [-0.15, -0.1) is 0 Å². The average Bonchev–Trinajstić information content (AvgIpc) is 2.23. The first kappa shape index (κ1) is 17.7. The third-order valence-electron chi connectivity index (χ3n) is 2.38. The molecular weight excluding hydrogens is 393 g/mol. The molecular formula is C11H12BrCl2NO4S. The summed E-state index contributed by atoms with van der Waals surface area (Å²) in [7, 11) is -3.90. The number of sulfonamides is 1. The molecule has 0 heterocycles. The molecule has 0 radical (unpaired) electrons. The maximum absolute atomic E-state index is 12.1. The highest BCUT2D eigenvalue weighted by Gasteiger charge is 2.23. The van der Waals surface area contributed by atoms with Crippen LogP contribution in [0.5, 0.6) is 0 Å². The lowest BCUT2D eigenvalue weighted by atomic mass is 10.1. The van der Waals surface area contributed by atoms with Crippen molar-refractivity contribution in [1.82, 2.24) is 4.72 Å². The minimum absolute atomic E-state index is 0.0113. The van der Waals surface area contributed by atoms with E-state index in [9.17, 15) is 13.2 Å². The van der Waals surface area contributed by atoms with E-state index in [2.05, 4.69) is 20.7 Å². The number of hydrogen-bond acceptors (Lipinski definition) is 3. The van der Waals surface area contributed by atoms with E-state index in [0.29, 0.717) is 4.47 Å². The Morgan fingerprint density at radius 1 is 1.40 bits per heavy atom. The standard InChI is InChI=1S/C11H12BrCl2NO4S/c1-6(2-10(16)17)5-15-20(18,19)11-8(13)3-7(12)4-9(11)14/h3-4,6,15H,2,5H2,1H3,(H,16,17). The molecule has 5 nitrogen and oxygen atoms in total. The summed E-state index contributed by atoms with van der Waals surface area (Å²) in [6.45, 7) is 1.61. The quantitative estimate of drug-likeness (QED) is 0.762. The third kappa shape index (κ3) is 4.89. The van der Waals surface area contributed by atoms with Crippen molar-refractivity contribution < 1.29 is 18.3 Å². The van der Waals surface area contributed by atoms with Crippen LogP contribution in [0.4, 0.5) is 0 Å². The topological polar surface area (TPSA) is 83.5 Å². The molecule has 0 aliphatic carbocycles. The van der Waals surface area contributed by atoms with Gasteiger partial charge < -0.3 is 5.11 Å². The van der Waals surface area contributed by atoms with E-state index >= 15 is 0 Å². The molecule has 0 saturated carbocycles. The van der Waals surface area contributed by atoms with Crippen LogP contribution in [0.15, 0.2) is 21.5 Å². The minimum Gasteiger partial charge on any atom is -0.481 e. The van der Waals surface area contributed by atoms with Gasteiger partial charge in [0.2, 0.25) is 10.0 Å². The van der Waals surface area contributed by atoms with E-state index in [4.69, 9.17) is 28.3 Å². The van der Waals surface area contributed by atoms with Gasteiger partial charge in [0, 0.05) is 17.4 Å². The second-order valence-corrected chi connectivity index (χ2v) is 7.69. The number of nitrogens with one attached hydrogen (secondary N) is 1. The fourth-order valence-electron chi connectivity index (χ4n) is 1.48. The van der Waals surface area contributed by atoms with Crippen LogP contribution >= 0.6 is 39.1 Å². The Labute approximate surface area is 135 Å². The predicted octanol–water partition coefficient (Wildman–Crippen LogP) is 3.15. The van der Waals surface area contributed by atoms with Crippen molar-refractivity contribution in [3.63, 3.8) is 0 Å². The molecule has 1 aromatic carbocycles. The molecule has 0 aromatic heterocycles. The molecule has 9 heteroatoms. The Bertz CT molecular complexity index is 598. The fraction of sp³-hybridized carbons (Fsp3) is 0.364. The Morgan fingerprint density at radius 2 is 1.90 bits per heavy atom. The highest BCUT2D eigenvalue weighted by atomic mass is 79.9. The summed E-state index contributed by atoms with van der Waals surface area (Å²) in [5.74, 6) is -1.34. The smallest absolute Gasteiger partial charge is 0.303 e. The first-order valence-electron chi connectivity index (χ1n) is 5.49. The molecule has 0 bridgehead atoms. The first-order chi connectivity index (χ1) is 9.13. The van der Waals surface area contributed by atoms with Gasteiger partial charge in [0.25, 0.3) is 0 Å². The van der Waals surface area contributed by atoms with Gasteiger partial charge in [0.1, 0.15) is 4.90 Å². The number of benzene rings is 1. The second-order valence-electron chi connectivity index (χ2n) is 4.25. The zero-order valence-electron chi connectivity index (χ0n) is 10.4. The molecule has 1 rings (SSSR count). The molecule has 1 unspecified atom stereocenters. The van der Waals surface area contributed by atoms with E-state index in [1.807, 2.05) is 0 Å². The van der Waals surface area contributed by atoms with Crippen molar-refractivity contribution in [2.45, 2.75) is 18.2 Å². The third-order valence-corrected chi connectivity index (χ3v) is 5.18. The number of hydrogen-bond donors (Lipinski definition) is 2. The van der Waals surface area contributed by atoms with Gasteiger partial charge in [-0.3, -0.25) is 4.79 Å². The summed E-state index contributed by atoms with van der Waals surface area (Å²) < 4.78 is 27.1. The number of carboxylic acid groups (broad SMARTS) is 1. The number of carboxylic acids is 1. The van der Waals surface area contributed by atoms with Crippen molar-refractivity contribution in [3.8, 4) is 0 Å². The lowest BCUT2D eigenvalue weighted by Crippen LogP contribution is -2.29. The highest BCUT2D eigenvalue weighted by Crippen LogP contribution is 2.32. The van der Waals surface area contributed by atoms with Gasteiger partial charge in [-0.1, -0.05) is 46.1 Å². The maximum atomic E-state index is 12.1. The summed E-state index contributed by atoms with van der Waals surface area (Å²) >= 11 is 14.9. The molecule has 0 spiro atoms. The molecule has 1 aromatic rings. The zero-order valence-corrected chi connectivity index (χ0v) is 14.3. The molecule has 0 saturated heterocycles. The average molecular weight is 405 g/mol. The molecule has 0 aliphatic rings. The molecule has 0 fully saturated rings. The largest absolute Gasteiger partial charge is 0.481 e. The van der Waals surface area contributed by atoms with Crippen LogP contribution in [-0.2, 0) is 14.8 Å². The Morgan fingerprint density at radius 3 is 2.35 bits per heavy atom. The molecule has 0 amide bonds. The Kier molecular flexibility index (Phi) is 6.27. The van der Waals surface area contributed by atoms with Gasteiger partial charge in [-0.05, 0) is 18.1 Å². The van der Waals surface area contributed by atoms with Crippen molar-refractivity contribution in [1.29, 1.82) is 0 Å². The summed E-state index contributed by atoms with van der Waals surface area (Å²) in [6.07, 6.45) is -0.135. The normalized spacial score (nSPS) is 13.2. The van der Waals surface area contributed by atoms with Crippen LogP contribution in [0.2, 0.25) is 10.0 Å². The van der Waals surface area contributed by atoms with E-state index in [1.54, 1.807) is 6.92 Å². The molecule has 1 atom stereocenters. The number of carbonyl (C=O) groups is 1. The maximum Gasteiger partial charge on any atom is 0.303 e. The predicted molar refractivity (Wildman–Crippen MR) is 80.8 cm³/mol. The summed E-state index contributed by atoms with van der Waals surface area (Å²) in [5, 5.41) is 8.60. The van der Waals surface area contributed by atoms with Crippen LogP contribution in [-0.4, -0.2) is 26.0 Å². The summed E-state index contributed by atoms with van der Waals surface area (Å²) in [5.41, 5.74) is 0. The van der Waals surface area contributed by atoms with Gasteiger partial charge in [-0.2, -0.15) is 0 Å². The lowest BCUT2D eigenvalue weighted by Gasteiger charge is -2.13. The van der Waals surface area contributed by atoms with Crippen LogP contribution < -0.4 is 4.72 Å². The molecule has 2 N–H and O–H groups in total. The van der Waals surface area contributed by atoms with Gasteiger partial charge in [0.05, 0.1) is 10.0 Å². The van der Waals surface area contributed by atoms with E-state index in [1.165, 1.54) is 12.1 Å². The van der Waals surface area contributed by atoms with Crippen molar-refractivity contribution in [3.05, 3.63) is 26.7 Å². The Balaban J connectivity index is 2.93. The van der Waals surface area contributed by atoms with Gasteiger partial charge >= 0.3 is 5.97 Å². The van der Waals surface area contributed by atoms with E-state index in [-0.39, 0.29) is 33.8 Å². The summed E-state index contributed by atoms with van der Waals surface area (Å²) in [6, 6.07) is 2.84. The monoisotopic (exact) mass is 403 g/mol. The zero-order chi connectivity index (χ0) is 15.5. The SMILES string of the molecule is CC(CNS(=O)(=O)c1c(Cl)cc(Br)cc1Cl)CC(=O)O. The van der Waals surface area contributed by atoms with E-state index < -0.39 is 16.0 Å². The lowest BCUT2D eigenvalue weighted by molar-refractivity contribution is -0.137.